The largest absolute Gasteiger partial charge is 0.512 e. The second-order valence-corrected chi connectivity index (χ2v) is 12.4. The Kier molecular flexibility index (Phi) is 10.0. The summed E-state index contributed by atoms with van der Waals surface area (Å²) >= 11 is 0. The van der Waals surface area contributed by atoms with Crippen LogP contribution in [0.25, 0.3) is 32.9 Å². The Labute approximate surface area is 247 Å². The zero-order valence-electron chi connectivity index (χ0n) is 25.1. The molecule has 0 saturated heterocycles. The fourth-order valence-corrected chi connectivity index (χ4v) is 4.32. The van der Waals surface area contributed by atoms with Crippen LogP contribution in [0.5, 0.6) is 0 Å². The van der Waals surface area contributed by atoms with Gasteiger partial charge in [-0.3, -0.25) is 9.78 Å². The number of fused-ring (bicyclic) bond motifs is 3. The molecule has 4 nitrogen and oxygen atoms in total. The van der Waals surface area contributed by atoms with Crippen LogP contribution in [0.15, 0.2) is 48.2 Å². The summed E-state index contributed by atoms with van der Waals surface area (Å²) in [4.78, 5) is 21.1. The molecule has 0 bridgehead atoms. The van der Waals surface area contributed by atoms with Gasteiger partial charge in [-0.2, -0.15) is 0 Å². The van der Waals surface area contributed by atoms with E-state index in [2.05, 4.69) is 64.1 Å². The van der Waals surface area contributed by atoms with Crippen LogP contribution in [0.3, 0.4) is 0 Å². The van der Waals surface area contributed by atoms with Crippen LogP contribution in [0, 0.1) is 51.5 Å². The number of allylic oxidation sites excluding steroid dienone is 2. The third kappa shape index (κ3) is 7.62. The van der Waals surface area contributed by atoms with Gasteiger partial charge in [0.2, 0.25) is 0 Å². The number of hydrogen-bond donors (Lipinski definition) is 1. The van der Waals surface area contributed by atoms with E-state index in [0.717, 1.165) is 28.0 Å². The normalized spacial score (nSPS) is 12.1. The molecule has 3 aromatic carbocycles. The van der Waals surface area contributed by atoms with Crippen molar-refractivity contribution in [3.8, 4) is 11.3 Å². The summed E-state index contributed by atoms with van der Waals surface area (Å²) in [7, 11) is 0. The Morgan fingerprint density at radius 3 is 2.03 bits per heavy atom. The molecule has 0 saturated carbocycles. The molecule has 1 N–H and O–H groups in total. The van der Waals surface area contributed by atoms with E-state index in [1.807, 2.05) is 54.5 Å². The molecule has 39 heavy (non-hydrogen) atoms. The van der Waals surface area contributed by atoms with E-state index in [1.54, 1.807) is 0 Å². The number of rotatable bonds is 2. The predicted octanol–water partition coefficient (Wildman–Crippen LogP) is 8.88. The van der Waals surface area contributed by atoms with Crippen molar-refractivity contribution in [1.82, 2.24) is 9.97 Å². The number of carbonyl (C=O) groups is 1. The summed E-state index contributed by atoms with van der Waals surface area (Å²) < 4.78 is 0. The smallest absolute Gasteiger partial charge is 0.164 e. The molecule has 4 aromatic rings. The fraction of sp³-hybridized carbons (Fsp3) is 0.382. The summed E-state index contributed by atoms with van der Waals surface area (Å²) in [6.07, 6.45) is 1.33. The number of benzene rings is 3. The zero-order valence-corrected chi connectivity index (χ0v) is 27.5. The predicted molar refractivity (Wildman–Crippen MR) is 160 cm³/mol. The molecule has 209 valence electrons. The van der Waals surface area contributed by atoms with Gasteiger partial charge in [0.15, 0.2) is 5.78 Å². The van der Waals surface area contributed by atoms with E-state index >= 15 is 0 Å². The second kappa shape index (κ2) is 12.1. The Morgan fingerprint density at radius 1 is 0.846 bits per heavy atom. The van der Waals surface area contributed by atoms with Gasteiger partial charge in [-0.15, -0.1) is 34.9 Å². The molecule has 0 aliphatic carbocycles. The van der Waals surface area contributed by atoms with Crippen LogP contribution in [-0.2, 0) is 24.9 Å². The average molecular weight is 702 g/mol. The molecule has 1 radical (unpaired) electrons. The minimum absolute atomic E-state index is 0. The molecule has 0 atom stereocenters. The molecule has 4 rings (SSSR count). The summed E-state index contributed by atoms with van der Waals surface area (Å²) in [5.41, 5.74) is 7.25. The van der Waals surface area contributed by atoms with E-state index in [1.165, 1.54) is 39.1 Å². The Morgan fingerprint density at radius 2 is 1.46 bits per heavy atom. The van der Waals surface area contributed by atoms with Crippen molar-refractivity contribution in [2.75, 3.05) is 0 Å². The Balaban J connectivity index is 0.000000328. The van der Waals surface area contributed by atoms with Gasteiger partial charge < -0.3 is 5.11 Å². The van der Waals surface area contributed by atoms with E-state index in [-0.39, 0.29) is 37.1 Å². The van der Waals surface area contributed by atoms with Crippen LogP contribution in [0.4, 0.5) is 0 Å². The van der Waals surface area contributed by atoms with Crippen molar-refractivity contribution in [3.05, 3.63) is 82.4 Å². The van der Waals surface area contributed by atoms with Crippen molar-refractivity contribution in [2.45, 2.75) is 76.2 Å². The first-order valence-electron chi connectivity index (χ1n) is 13.1. The van der Waals surface area contributed by atoms with Crippen LogP contribution < -0.4 is 0 Å². The molecule has 0 aliphatic heterocycles. The van der Waals surface area contributed by atoms with Crippen LogP contribution in [0.2, 0.25) is 0 Å². The summed E-state index contributed by atoms with van der Waals surface area (Å²) in [6.45, 7) is 21.6. The zero-order chi connectivity index (χ0) is 28.6. The summed E-state index contributed by atoms with van der Waals surface area (Å²) in [5.74, 6) is 0.899. The van der Waals surface area contributed by atoms with E-state index in [9.17, 15) is 9.90 Å². The molecule has 0 fully saturated rings. The molecular weight excluding hydrogens is 661 g/mol. The van der Waals surface area contributed by atoms with Gasteiger partial charge in [-0.05, 0) is 42.8 Å². The molecule has 5 heteroatoms. The first kappa shape index (κ1) is 32.3. The standard InChI is InChI=1S/C23H21N2.C11H20O2.Ir/c1-13-6-8-19(15(3)10-13)22-20-9-7-18-12-14(2)11-16(4)21(18)23(20)25-17(5)24-22;1-10(2,3)8(12)7-9(13)11(4,5)6;/h6-7,9-12H,1-5H3;7,12H,1-6H3;/q-1;;/b;8-7-;. The molecule has 0 spiro atoms. The number of carbonyl (C=O) groups excluding carboxylic acids is 1. The van der Waals surface area contributed by atoms with Crippen molar-refractivity contribution in [3.63, 3.8) is 0 Å². The first-order chi connectivity index (χ1) is 17.5. The third-order valence-corrected chi connectivity index (χ3v) is 6.53. The van der Waals surface area contributed by atoms with Gasteiger partial charge in [-0.1, -0.05) is 85.2 Å². The van der Waals surface area contributed by atoms with Crippen LogP contribution >= 0.6 is 0 Å². The first-order valence-corrected chi connectivity index (χ1v) is 13.1. The molecule has 0 unspecified atom stereocenters. The molecule has 0 aliphatic rings. The quantitative estimate of drug-likeness (QED) is 0.0982. The maximum absolute atomic E-state index is 11.5. The number of aromatic nitrogens is 2. The minimum atomic E-state index is -0.417. The third-order valence-electron chi connectivity index (χ3n) is 6.53. The van der Waals surface area contributed by atoms with Crippen LogP contribution in [-0.4, -0.2) is 20.9 Å². The molecule has 1 aromatic heterocycles. The average Bonchev–Trinajstić information content (AvgIpc) is 2.77. The van der Waals surface area contributed by atoms with E-state index < -0.39 is 5.41 Å². The number of aryl methyl sites for hydroxylation is 5. The Hall–Kier alpha value is -2.88. The maximum atomic E-state index is 11.5. The molecular formula is C34H41IrN2O2-. The SMILES string of the molecule is CC(C)(C)C(=O)/C=C(\O)C(C)(C)C.Cc1c[c-]c(-c2nc(C)nc3c2ccc2cc(C)cc(C)c23)c(C)c1.[Ir]. The number of hydrogen-bond acceptors (Lipinski definition) is 4. The maximum Gasteiger partial charge on any atom is 0.164 e. The van der Waals surface area contributed by atoms with Crippen LogP contribution in [0.1, 0.15) is 69.6 Å². The van der Waals surface area contributed by atoms with Gasteiger partial charge in [0.05, 0.1) is 5.52 Å². The minimum Gasteiger partial charge on any atom is -0.512 e. The van der Waals surface area contributed by atoms with Gasteiger partial charge in [0, 0.05) is 42.4 Å². The molecule has 1 heterocycles. The summed E-state index contributed by atoms with van der Waals surface area (Å²) in [6, 6.07) is 16.4. The van der Waals surface area contributed by atoms with Crippen molar-refractivity contribution >= 4 is 27.5 Å². The topological polar surface area (TPSA) is 63.1 Å². The second-order valence-electron chi connectivity index (χ2n) is 12.4. The number of aliphatic hydroxyl groups is 1. The number of aliphatic hydroxyl groups excluding tert-OH is 1. The van der Waals surface area contributed by atoms with Crippen molar-refractivity contribution < 1.29 is 30.0 Å². The van der Waals surface area contributed by atoms with Gasteiger partial charge in [-0.25, -0.2) is 4.98 Å². The Bertz CT molecular complexity index is 1550. The van der Waals surface area contributed by atoms with Crippen molar-refractivity contribution in [2.24, 2.45) is 10.8 Å². The molecule has 0 amide bonds. The number of nitrogens with zero attached hydrogens (tertiary/aromatic N) is 2. The monoisotopic (exact) mass is 702 g/mol. The number of ketones is 1. The van der Waals surface area contributed by atoms with E-state index in [0.29, 0.717) is 0 Å². The fourth-order valence-electron chi connectivity index (χ4n) is 4.32. The van der Waals surface area contributed by atoms with Gasteiger partial charge in [0.25, 0.3) is 0 Å². The van der Waals surface area contributed by atoms with Crippen molar-refractivity contribution in [1.29, 1.82) is 0 Å². The van der Waals surface area contributed by atoms with Gasteiger partial charge in [0.1, 0.15) is 11.6 Å². The summed E-state index contributed by atoms with van der Waals surface area (Å²) in [5, 5.41) is 13.1. The van der Waals surface area contributed by atoms with Gasteiger partial charge >= 0.3 is 0 Å². The van der Waals surface area contributed by atoms with E-state index in [4.69, 9.17) is 9.97 Å².